The molecule has 0 aromatic carbocycles. The first-order valence-electron chi connectivity index (χ1n) is 16.9. The summed E-state index contributed by atoms with van der Waals surface area (Å²) in [5.41, 5.74) is -1.07. The van der Waals surface area contributed by atoms with Crippen LogP contribution in [-0.2, 0) is 9.53 Å². The average Bonchev–Trinajstić information content (AvgIpc) is 2.94. The van der Waals surface area contributed by atoms with Crippen molar-refractivity contribution < 1.29 is 14.6 Å². The summed E-state index contributed by atoms with van der Waals surface area (Å²) in [7, 11) is 0. The summed E-state index contributed by atoms with van der Waals surface area (Å²) in [4.78, 5) is 15.3. The number of Topliss-reactive ketones (excluding diaryl/α,β-unsaturated/α-hetero) is 1. The molecule has 0 aliphatic heterocycles. The monoisotopic (exact) mass is 543 g/mol. The zero-order valence-corrected chi connectivity index (χ0v) is 26.0. The van der Waals surface area contributed by atoms with Crippen LogP contribution in [0.15, 0.2) is 12.2 Å². The van der Waals surface area contributed by atoms with Crippen LogP contribution in [0.25, 0.3) is 0 Å². The molecular weight excluding hydrogens is 482 g/mol. The summed E-state index contributed by atoms with van der Waals surface area (Å²) in [5, 5.41) is 10.4. The fraction of sp³-hybridized carbons (Fsp3) is 0.914. The van der Waals surface area contributed by atoms with E-state index in [1.54, 1.807) is 13.8 Å². The molecule has 4 aliphatic carbocycles. The van der Waals surface area contributed by atoms with Crippen LogP contribution in [0.5, 0.6) is 0 Å². The number of carbonyl (C=O) groups is 1. The molecule has 0 bridgehead atoms. The number of rotatable bonds is 11. The van der Waals surface area contributed by atoms with Crippen molar-refractivity contribution in [1.29, 1.82) is 0 Å². The van der Waals surface area contributed by atoms with E-state index in [1.807, 2.05) is 0 Å². The Hall–Kier alpha value is -0.710. The zero-order valence-electron chi connectivity index (χ0n) is 26.0. The van der Waals surface area contributed by atoms with E-state index in [0.29, 0.717) is 5.57 Å². The van der Waals surface area contributed by atoms with Crippen LogP contribution >= 0.6 is 0 Å². The average molecular weight is 544 g/mol. The minimum Gasteiger partial charge on any atom is -0.380 e. The van der Waals surface area contributed by atoms with E-state index in [-0.39, 0.29) is 18.5 Å². The fourth-order valence-corrected chi connectivity index (χ4v) is 8.57. The molecule has 0 amide bonds. The van der Waals surface area contributed by atoms with Gasteiger partial charge in [0.2, 0.25) is 0 Å². The molecule has 0 saturated heterocycles. The lowest BCUT2D eigenvalue weighted by Crippen LogP contribution is -2.52. The Kier molecular flexibility index (Phi) is 11.6. The van der Waals surface area contributed by atoms with Crippen molar-refractivity contribution >= 4 is 5.78 Å². The van der Waals surface area contributed by atoms with Crippen molar-refractivity contribution in [2.45, 2.75) is 173 Å². The predicted molar refractivity (Wildman–Crippen MR) is 162 cm³/mol. The van der Waals surface area contributed by atoms with Gasteiger partial charge < -0.3 is 9.84 Å². The topological polar surface area (TPSA) is 49.8 Å². The van der Waals surface area contributed by atoms with Crippen LogP contribution < -0.4 is 0 Å². The van der Waals surface area contributed by atoms with Crippen LogP contribution in [0.1, 0.15) is 143 Å². The van der Waals surface area contributed by atoms with Crippen LogP contribution in [0, 0.1) is 23.7 Å². The van der Waals surface area contributed by atoms with Gasteiger partial charge >= 0.3 is 0 Å². The summed E-state index contributed by atoms with van der Waals surface area (Å²) in [6.07, 6.45) is 24.8. The second-order valence-corrected chi connectivity index (χ2v) is 14.9. The summed E-state index contributed by atoms with van der Waals surface area (Å²) in [6.45, 7) is 11.9. The Balaban J connectivity index is 1.17. The van der Waals surface area contributed by atoms with Crippen LogP contribution in [-0.4, -0.2) is 52.2 Å². The highest BCUT2D eigenvalue weighted by Gasteiger charge is 2.38. The summed E-state index contributed by atoms with van der Waals surface area (Å²) in [6, 6.07) is 2.57. The number of hydrogen-bond acceptors (Lipinski definition) is 4. The van der Waals surface area contributed by atoms with Gasteiger partial charge in [0, 0.05) is 18.1 Å². The van der Waals surface area contributed by atoms with Gasteiger partial charge in [-0.2, -0.15) is 0 Å². The Morgan fingerprint density at radius 2 is 1.13 bits per heavy atom. The standard InChI is InChI=1S/C35H61NO3/c1-25(2)34(37)35(5,38)24-39-33-22-14-29(15-23-33)11-10-28-12-20-32(21-13-28)36(30-16-6-26(3)7-17-30)31-18-8-27(4)9-19-31/h26-33,38H,1,6-24H2,2-5H3. The Morgan fingerprint density at radius 3 is 1.54 bits per heavy atom. The van der Waals surface area contributed by atoms with Crippen molar-refractivity contribution in [2.24, 2.45) is 23.7 Å². The van der Waals surface area contributed by atoms with Crippen molar-refractivity contribution in [2.75, 3.05) is 6.61 Å². The quantitative estimate of drug-likeness (QED) is 0.267. The first kappa shape index (κ1) is 31.2. The molecule has 4 nitrogen and oxygen atoms in total. The van der Waals surface area contributed by atoms with E-state index in [1.165, 1.54) is 103 Å². The number of ether oxygens (including phenoxy) is 1. The molecule has 39 heavy (non-hydrogen) atoms. The number of ketones is 1. The Bertz CT molecular complexity index is 739. The summed E-state index contributed by atoms with van der Waals surface area (Å²) < 4.78 is 5.99. The maximum atomic E-state index is 12.1. The Labute approximate surface area is 240 Å². The Morgan fingerprint density at radius 1 is 0.744 bits per heavy atom. The molecule has 1 atom stereocenters. The lowest BCUT2D eigenvalue weighted by atomic mass is 9.76. The predicted octanol–water partition coefficient (Wildman–Crippen LogP) is 8.26. The maximum absolute atomic E-state index is 12.1. The van der Waals surface area contributed by atoms with Crippen LogP contribution in [0.3, 0.4) is 0 Å². The fourth-order valence-electron chi connectivity index (χ4n) is 8.57. The lowest BCUT2D eigenvalue weighted by molar-refractivity contribution is -0.141. The van der Waals surface area contributed by atoms with Gasteiger partial charge in [0.05, 0.1) is 12.7 Å². The maximum Gasteiger partial charge on any atom is 0.191 e. The first-order chi connectivity index (χ1) is 18.6. The van der Waals surface area contributed by atoms with Gasteiger partial charge in [0.15, 0.2) is 5.78 Å². The molecular formula is C35H61NO3. The van der Waals surface area contributed by atoms with E-state index in [0.717, 1.165) is 54.6 Å². The highest BCUT2D eigenvalue weighted by atomic mass is 16.5. The third-order valence-electron chi connectivity index (χ3n) is 11.3. The normalized spacial score (nSPS) is 37.8. The van der Waals surface area contributed by atoms with E-state index in [2.05, 4.69) is 25.3 Å². The number of carbonyl (C=O) groups excluding carboxylic acids is 1. The SMILES string of the molecule is C=C(C)C(=O)C(C)(O)COC1CCC(CCC2CCC(N(C3CCC(C)CC3)C3CCC(C)CC3)CC2)CC1. The molecule has 0 radical (unpaired) electrons. The third-order valence-corrected chi connectivity index (χ3v) is 11.3. The largest absolute Gasteiger partial charge is 0.380 e. The molecule has 0 heterocycles. The van der Waals surface area contributed by atoms with E-state index >= 15 is 0 Å². The molecule has 0 aromatic heterocycles. The minimum atomic E-state index is -1.46. The van der Waals surface area contributed by atoms with Crippen LogP contribution in [0.4, 0.5) is 0 Å². The lowest BCUT2D eigenvalue weighted by Gasteiger charge is -2.49. The summed E-state index contributed by atoms with van der Waals surface area (Å²) >= 11 is 0. The molecule has 4 saturated carbocycles. The smallest absolute Gasteiger partial charge is 0.191 e. The van der Waals surface area contributed by atoms with E-state index in [4.69, 9.17) is 4.74 Å². The van der Waals surface area contributed by atoms with Gasteiger partial charge in [-0.15, -0.1) is 0 Å². The molecule has 224 valence electrons. The molecule has 1 unspecified atom stereocenters. The molecule has 0 aromatic rings. The van der Waals surface area contributed by atoms with Crippen molar-refractivity contribution in [1.82, 2.24) is 4.90 Å². The molecule has 4 fully saturated rings. The molecule has 4 aliphatic rings. The molecule has 0 spiro atoms. The number of hydrogen-bond donors (Lipinski definition) is 1. The number of aliphatic hydroxyl groups is 1. The molecule has 4 rings (SSSR count). The first-order valence-corrected chi connectivity index (χ1v) is 16.9. The van der Waals surface area contributed by atoms with Gasteiger partial charge in [-0.25, -0.2) is 0 Å². The van der Waals surface area contributed by atoms with Crippen molar-refractivity contribution in [3.63, 3.8) is 0 Å². The van der Waals surface area contributed by atoms with Gasteiger partial charge in [0.25, 0.3) is 0 Å². The highest BCUT2D eigenvalue weighted by Crippen LogP contribution is 2.41. The van der Waals surface area contributed by atoms with E-state index < -0.39 is 5.60 Å². The zero-order chi connectivity index (χ0) is 28.0. The highest BCUT2D eigenvalue weighted by molar-refractivity contribution is 6.00. The second-order valence-electron chi connectivity index (χ2n) is 14.9. The van der Waals surface area contributed by atoms with Gasteiger partial charge in [-0.3, -0.25) is 9.69 Å². The van der Waals surface area contributed by atoms with Crippen molar-refractivity contribution in [3.05, 3.63) is 12.2 Å². The van der Waals surface area contributed by atoms with Crippen molar-refractivity contribution in [3.8, 4) is 0 Å². The van der Waals surface area contributed by atoms with Gasteiger partial charge in [-0.05, 0) is 146 Å². The molecule has 4 heteroatoms. The third kappa shape index (κ3) is 8.89. The van der Waals surface area contributed by atoms with Crippen LogP contribution in [0.2, 0.25) is 0 Å². The van der Waals surface area contributed by atoms with Gasteiger partial charge in [0.1, 0.15) is 5.60 Å². The minimum absolute atomic E-state index is 0.0774. The molecule has 1 N–H and O–H groups in total. The summed E-state index contributed by atoms with van der Waals surface area (Å²) in [5.74, 6) is 3.32. The van der Waals surface area contributed by atoms with E-state index in [9.17, 15) is 9.90 Å². The number of nitrogens with zero attached hydrogens (tertiary/aromatic N) is 1. The van der Waals surface area contributed by atoms with Gasteiger partial charge in [-0.1, -0.05) is 33.3 Å². The second kappa shape index (κ2) is 14.5.